The molecular weight excluding hydrogens is 406 g/mol. The number of aryl methyl sites for hydroxylation is 1. The van der Waals surface area contributed by atoms with Crippen LogP contribution in [0, 0.1) is 5.92 Å². The second-order valence-electron chi connectivity index (χ2n) is 9.17. The molecule has 1 aromatic carbocycles. The summed E-state index contributed by atoms with van der Waals surface area (Å²) in [7, 11) is -3.17. The highest BCUT2D eigenvalue weighted by molar-refractivity contribution is 7.91. The van der Waals surface area contributed by atoms with E-state index in [1.165, 1.54) is 22.9 Å². The third kappa shape index (κ3) is 5.18. The van der Waals surface area contributed by atoms with Gasteiger partial charge in [0, 0.05) is 24.7 Å². The third-order valence-corrected chi connectivity index (χ3v) is 8.44. The molecule has 1 aliphatic heterocycles. The van der Waals surface area contributed by atoms with E-state index in [0.29, 0.717) is 0 Å². The Balaban J connectivity index is 1.62. The van der Waals surface area contributed by atoms with Crippen LogP contribution in [0.1, 0.15) is 43.7 Å². The molecule has 0 amide bonds. The van der Waals surface area contributed by atoms with Gasteiger partial charge in [0.15, 0.2) is 9.84 Å². The van der Waals surface area contributed by atoms with Crippen molar-refractivity contribution in [1.29, 1.82) is 0 Å². The summed E-state index contributed by atoms with van der Waals surface area (Å²) in [6.07, 6.45) is 10.9. The van der Waals surface area contributed by atoms with Crippen molar-refractivity contribution in [3.8, 4) is 11.1 Å². The first kappa shape index (κ1) is 22.4. The van der Waals surface area contributed by atoms with Crippen molar-refractivity contribution in [1.82, 2.24) is 15.2 Å². The number of sulfone groups is 1. The summed E-state index contributed by atoms with van der Waals surface area (Å²) in [5.74, 6) is 0.214. The van der Waals surface area contributed by atoms with Crippen molar-refractivity contribution >= 4 is 9.84 Å². The molecule has 0 radical (unpaired) electrons. The van der Waals surface area contributed by atoms with E-state index < -0.39 is 9.84 Å². The molecule has 1 aromatic heterocycles. The van der Waals surface area contributed by atoms with Crippen LogP contribution in [0.5, 0.6) is 0 Å². The van der Waals surface area contributed by atoms with Gasteiger partial charge in [-0.2, -0.15) is 0 Å². The molecular formula is C25H35N3O2S. The number of fused-ring (bicyclic) bond motifs is 1. The molecule has 0 spiro atoms. The van der Waals surface area contributed by atoms with Gasteiger partial charge in [-0.3, -0.25) is 9.88 Å². The number of benzene rings is 1. The van der Waals surface area contributed by atoms with Crippen molar-refractivity contribution in [2.75, 3.05) is 25.9 Å². The Labute approximate surface area is 187 Å². The molecule has 31 heavy (non-hydrogen) atoms. The summed E-state index contributed by atoms with van der Waals surface area (Å²) in [4.78, 5) is 6.61. The number of pyridine rings is 1. The molecule has 1 saturated heterocycles. The van der Waals surface area contributed by atoms with E-state index in [-0.39, 0.29) is 17.3 Å². The fraction of sp³-hybridized carbons (Fsp3) is 0.560. The minimum Gasteiger partial charge on any atom is -0.317 e. The lowest BCUT2D eigenvalue weighted by molar-refractivity contribution is 0.114. The minimum absolute atomic E-state index is 0.214. The summed E-state index contributed by atoms with van der Waals surface area (Å²) in [5.41, 5.74) is 5.07. The quantitative estimate of drug-likeness (QED) is 0.710. The van der Waals surface area contributed by atoms with Crippen molar-refractivity contribution in [2.45, 2.75) is 56.9 Å². The summed E-state index contributed by atoms with van der Waals surface area (Å²) in [6.45, 7) is 4.83. The van der Waals surface area contributed by atoms with E-state index in [2.05, 4.69) is 46.4 Å². The van der Waals surface area contributed by atoms with Gasteiger partial charge in [0.1, 0.15) is 5.37 Å². The SMILES string of the molecule is CCCN(C1CCc2ccc(-c3cccnc3)cc2C1)C(C1CCNCC1)S(C)(=O)=O. The molecule has 6 heteroatoms. The van der Waals surface area contributed by atoms with Crippen molar-refractivity contribution in [3.05, 3.63) is 53.9 Å². The highest BCUT2D eigenvalue weighted by atomic mass is 32.2. The van der Waals surface area contributed by atoms with Crippen LogP contribution in [0.25, 0.3) is 11.1 Å². The Morgan fingerprint density at radius 2 is 1.94 bits per heavy atom. The lowest BCUT2D eigenvalue weighted by Gasteiger charge is -2.43. The Kier molecular flexibility index (Phi) is 7.09. The number of aromatic nitrogens is 1. The molecule has 1 aliphatic carbocycles. The number of hydrogen-bond donors (Lipinski definition) is 1. The first-order valence-corrected chi connectivity index (χ1v) is 13.6. The highest BCUT2D eigenvalue weighted by Gasteiger charge is 2.39. The predicted molar refractivity (Wildman–Crippen MR) is 127 cm³/mol. The number of piperidine rings is 1. The van der Waals surface area contributed by atoms with E-state index in [1.807, 2.05) is 12.3 Å². The van der Waals surface area contributed by atoms with Gasteiger partial charge in [0.05, 0.1) is 0 Å². The average Bonchev–Trinajstić information content (AvgIpc) is 2.78. The molecule has 1 N–H and O–H groups in total. The van der Waals surface area contributed by atoms with Crippen molar-refractivity contribution < 1.29 is 8.42 Å². The number of nitrogens with one attached hydrogen (secondary N) is 1. The molecule has 2 heterocycles. The van der Waals surface area contributed by atoms with E-state index in [1.54, 1.807) is 6.20 Å². The van der Waals surface area contributed by atoms with Gasteiger partial charge < -0.3 is 5.32 Å². The van der Waals surface area contributed by atoms with Gasteiger partial charge in [-0.05, 0) is 92.4 Å². The minimum atomic E-state index is -3.17. The zero-order chi connectivity index (χ0) is 21.8. The zero-order valence-electron chi connectivity index (χ0n) is 18.8. The van der Waals surface area contributed by atoms with Gasteiger partial charge in [-0.25, -0.2) is 8.42 Å². The maximum Gasteiger partial charge on any atom is 0.163 e. The van der Waals surface area contributed by atoms with Gasteiger partial charge in [0.25, 0.3) is 0 Å². The Morgan fingerprint density at radius 3 is 2.61 bits per heavy atom. The molecule has 4 rings (SSSR count). The molecule has 0 saturated carbocycles. The standard InChI is InChI=1S/C25H35N3O2S/c1-3-15-28(25(31(2,29)30)20-10-13-26-14-11-20)24-9-8-19-6-7-21(16-23(19)17-24)22-5-4-12-27-18-22/h4-7,12,16,18,20,24-26H,3,8-11,13-15,17H2,1-2H3. The molecule has 0 bridgehead atoms. The van der Waals surface area contributed by atoms with Gasteiger partial charge in [-0.15, -0.1) is 0 Å². The van der Waals surface area contributed by atoms with Crippen LogP contribution < -0.4 is 5.32 Å². The molecule has 5 nitrogen and oxygen atoms in total. The van der Waals surface area contributed by atoms with E-state index in [0.717, 1.165) is 63.7 Å². The first-order chi connectivity index (χ1) is 15.0. The molecule has 2 aliphatic rings. The normalized spacial score (nSPS) is 21.1. The van der Waals surface area contributed by atoms with Crippen LogP contribution in [-0.4, -0.2) is 55.6 Å². The number of hydrogen-bond acceptors (Lipinski definition) is 5. The van der Waals surface area contributed by atoms with Gasteiger partial charge in [-0.1, -0.05) is 31.2 Å². The molecule has 2 aromatic rings. The number of nitrogens with zero attached hydrogens (tertiary/aromatic N) is 2. The zero-order valence-corrected chi connectivity index (χ0v) is 19.6. The maximum atomic E-state index is 13.0. The fourth-order valence-electron chi connectivity index (χ4n) is 5.51. The largest absolute Gasteiger partial charge is 0.317 e. The number of rotatable bonds is 7. The summed E-state index contributed by atoms with van der Waals surface area (Å²) < 4.78 is 26.0. The Bertz CT molecular complexity index is 972. The molecule has 2 unspecified atom stereocenters. The molecule has 168 valence electrons. The van der Waals surface area contributed by atoms with E-state index in [9.17, 15) is 8.42 Å². The fourth-order valence-corrected chi connectivity index (χ4v) is 7.25. The Morgan fingerprint density at radius 1 is 1.13 bits per heavy atom. The summed E-state index contributed by atoms with van der Waals surface area (Å²) in [6, 6.07) is 11.1. The van der Waals surface area contributed by atoms with Crippen molar-refractivity contribution in [2.24, 2.45) is 5.92 Å². The summed E-state index contributed by atoms with van der Waals surface area (Å²) >= 11 is 0. The lowest BCUT2D eigenvalue weighted by atomic mass is 9.85. The summed E-state index contributed by atoms with van der Waals surface area (Å²) in [5, 5.41) is 3.02. The van der Waals surface area contributed by atoms with Crippen LogP contribution in [0.2, 0.25) is 0 Å². The third-order valence-electron chi connectivity index (χ3n) is 6.91. The van der Waals surface area contributed by atoms with Crippen LogP contribution in [0.15, 0.2) is 42.7 Å². The van der Waals surface area contributed by atoms with E-state index >= 15 is 0 Å². The monoisotopic (exact) mass is 441 g/mol. The topological polar surface area (TPSA) is 62.3 Å². The van der Waals surface area contributed by atoms with Crippen LogP contribution in [0.3, 0.4) is 0 Å². The van der Waals surface area contributed by atoms with Crippen molar-refractivity contribution in [3.63, 3.8) is 0 Å². The Hall–Kier alpha value is -1.76. The van der Waals surface area contributed by atoms with Gasteiger partial charge in [0.2, 0.25) is 0 Å². The highest BCUT2D eigenvalue weighted by Crippen LogP contribution is 2.33. The second kappa shape index (κ2) is 9.80. The molecule has 2 atom stereocenters. The average molecular weight is 442 g/mol. The van der Waals surface area contributed by atoms with Crippen LogP contribution >= 0.6 is 0 Å². The maximum absolute atomic E-state index is 13.0. The van der Waals surface area contributed by atoms with E-state index in [4.69, 9.17) is 0 Å². The van der Waals surface area contributed by atoms with Crippen LogP contribution in [0.4, 0.5) is 0 Å². The smallest absolute Gasteiger partial charge is 0.163 e. The second-order valence-corrected chi connectivity index (χ2v) is 11.3. The first-order valence-electron chi connectivity index (χ1n) is 11.6. The lowest BCUT2D eigenvalue weighted by Crippen LogP contribution is -2.54. The predicted octanol–water partition coefficient (Wildman–Crippen LogP) is 3.69. The van der Waals surface area contributed by atoms with Gasteiger partial charge >= 0.3 is 0 Å². The molecule has 1 fully saturated rings. The van der Waals surface area contributed by atoms with Crippen LogP contribution in [-0.2, 0) is 22.7 Å².